The van der Waals surface area contributed by atoms with Crippen LogP contribution in [-0.4, -0.2) is 108 Å². The lowest BCUT2D eigenvalue weighted by atomic mass is 9.99. The van der Waals surface area contributed by atoms with E-state index in [0.717, 1.165) is 102 Å². The number of halogens is 4. The van der Waals surface area contributed by atoms with Gasteiger partial charge in [-0.25, -0.2) is 32.3 Å². The van der Waals surface area contributed by atoms with Gasteiger partial charge in [0.15, 0.2) is 11.3 Å². The highest BCUT2D eigenvalue weighted by Gasteiger charge is 2.24. The molecule has 0 aliphatic carbocycles. The third kappa shape index (κ3) is 13.8. The summed E-state index contributed by atoms with van der Waals surface area (Å²) in [4.78, 5) is 74.1. The number of hydrogen-bond acceptors (Lipinski definition) is 13. The van der Waals surface area contributed by atoms with Crippen LogP contribution in [0.1, 0.15) is 83.9 Å². The predicted molar refractivity (Wildman–Crippen MR) is 314 cm³/mol. The third-order valence-electron chi connectivity index (χ3n) is 14.2. The third-order valence-corrected chi connectivity index (χ3v) is 14.2. The quantitative estimate of drug-likeness (QED) is 0.0368. The molecule has 5 heterocycles. The molecule has 0 radical (unpaired) electrons. The summed E-state index contributed by atoms with van der Waals surface area (Å²) in [5, 5.41) is 19.6. The van der Waals surface area contributed by atoms with E-state index in [0.29, 0.717) is 57.7 Å². The number of nitrogens with zero attached hydrogens (tertiary/aromatic N) is 8. The standard InChI is InChI=1S/C34H36F2N6O3.C28H29F2N5O3/c1-5-41(6-2)18-8-17-37-34-39-30(25-15-16-29(43)42(32(25)40-34)31-27(35)9-7-10-28(31)36)26-19-23(13-11-21(26)3)33(44)38-20-24-14-12-22(4)45-24;1-4-34(5-2)15-7-14-31-28-32-24(20-16-18(27(37)38)11-10-17(20)3)19-12-13-23(36)35(26(19)33-28)25-21(29)8-6-9-22(25)30/h7,9-16,19H,5-6,8,17-18,20H2,1-4H3,(H,38,44)(H,37,39,40);6,8-13,16H,4-5,7,14-15H2,1-3H3,(H,37,38)(H,31,32,33). The Kier molecular flexibility index (Phi) is 19.6. The number of benzene rings is 4. The summed E-state index contributed by atoms with van der Waals surface area (Å²) < 4.78 is 67.2. The van der Waals surface area contributed by atoms with Gasteiger partial charge in [-0.05, 0) is 157 Å². The fraction of sp³-hybridized carbons (Fsp3) is 0.290. The number of aromatic carboxylic acids is 1. The summed E-state index contributed by atoms with van der Waals surface area (Å²) >= 11 is 0. The summed E-state index contributed by atoms with van der Waals surface area (Å²) in [6, 6.07) is 25.7. The molecule has 21 heteroatoms. The predicted octanol–water partition coefficient (Wildman–Crippen LogP) is 10.9. The van der Waals surface area contributed by atoms with Gasteiger partial charge >= 0.3 is 5.97 Å². The Labute approximate surface area is 476 Å². The normalized spacial score (nSPS) is 11.3. The summed E-state index contributed by atoms with van der Waals surface area (Å²) in [7, 11) is 0. The van der Waals surface area contributed by atoms with E-state index in [1.807, 2.05) is 19.9 Å². The number of aryl methyl sites for hydroxylation is 3. The molecule has 5 aromatic heterocycles. The molecule has 0 aliphatic heterocycles. The molecule has 9 aromatic rings. The number of carbonyl (C=O) groups excluding carboxylic acids is 1. The second kappa shape index (κ2) is 27.1. The van der Waals surface area contributed by atoms with Crippen LogP contribution < -0.4 is 27.1 Å². The van der Waals surface area contributed by atoms with Crippen molar-refractivity contribution in [1.82, 2.24) is 44.2 Å². The Balaban J connectivity index is 0.000000220. The lowest BCUT2D eigenvalue weighted by Crippen LogP contribution is -2.25. The molecule has 432 valence electrons. The molecule has 0 atom stereocenters. The first kappa shape index (κ1) is 60.0. The van der Waals surface area contributed by atoms with E-state index in [4.69, 9.17) is 9.40 Å². The summed E-state index contributed by atoms with van der Waals surface area (Å²) in [6.07, 6.45) is 1.58. The summed E-state index contributed by atoms with van der Waals surface area (Å²) in [5.41, 5.74) is 1.47. The number of fused-ring (bicyclic) bond motifs is 2. The number of carboxylic acids is 1. The molecule has 0 aliphatic rings. The van der Waals surface area contributed by atoms with Crippen LogP contribution in [0.4, 0.5) is 29.5 Å². The number of amides is 1. The zero-order chi connectivity index (χ0) is 59.5. The Morgan fingerprint density at radius 2 is 1.00 bits per heavy atom. The zero-order valence-electron chi connectivity index (χ0n) is 47.2. The van der Waals surface area contributed by atoms with Crippen LogP contribution in [0.2, 0.25) is 0 Å². The maximum absolute atomic E-state index is 15.0. The van der Waals surface area contributed by atoms with Gasteiger partial charge in [-0.15, -0.1) is 0 Å². The minimum absolute atomic E-state index is 0.00197. The van der Waals surface area contributed by atoms with E-state index in [2.05, 4.69) is 68.4 Å². The average molecular weight is 1140 g/mol. The van der Waals surface area contributed by atoms with Crippen LogP contribution >= 0.6 is 0 Å². The highest BCUT2D eigenvalue weighted by molar-refractivity contribution is 5.99. The second-order valence-corrected chi connectivity index (χ2v) is 19.6. The van der Waals surface area contributed by atoms with Crippen LogP contribution in [0.5, 0.6) is 0 Å². The molecule has 0 unspecified atom stereocenters. The molecule has 4 N–H and O–H groups in total. The van der Waals surface area contributed by atoms with Gasteiger partial charge in [0.2, 0.25) is 11.9 Å². The molecule has 0 saturated heterocycles. The van der Waals surface area contributed by atoms with Gasteiger partial charge in [-0.3, -0.25) is 23.5 Å². The number of carboxylic acid groups (broad SMARTS) is 1. The number of pyridine rings is 2. The van der Waals surface area contributed by atoms with E-state index in [9.17, 15) is 33.1 Å². The smallest absolute Gasteiger partial charge is 0.335 e. The van der Waals surface area contributed by atoms with Gasteiger partial charge in [0.05, 0.1) is 23.5 Å². The lowest BCUT2D eigenvalue weighted by Gasteiger charge is -2.18. The van der Waals surface area contributed by atoms with Crippen molar-refractivity contribution < 1.29 is 36.7 Å². The first-order valence-corrected chi connectivity index (χ1v) is 27.4. The number of nitrogens with one attached hydrogen (secondary N) is 3. The van der Waals surface area contributed by atoms with E-state index in [-0.39, 0.29) is 41.2 Å². The number of carbonyl (C=O) groups is 2. The largest absolute Gasteiger partial charge is 0.478 e. The van der Waals surface area contributed by atoms with E-state index >= 15 is 8.78 Å². The number of furan rings is 1. The molecule has 4 aromatic carbocycles. The molecule has 17 nitrogen and oxygen atoms in total. The van der Waals surface area contributed by atoms with E-state index in [1.165, 1.54) is 48.5 Å². The average Bonchev–Trinajstić information content (AvgIpc) is 3.05. The fourth-order valence-electron chi connectivity index (χ4n) is 9.60. The first-order valence-electron chi connectivity index (χ1n) is 27.4. The molecular weight excluding hydrogens is 1070 g/mol. The molecule has 0 bridgehead atoms. The van der Waals surface area contributed by atoms with Gasteiger partial charge in [-0.1, -0.05) is 52.0 Å². The maximum atomic E-state index is 15.0. The first-order chi connectivity index (χ1) is 39.9. The Morgan fingerprint density at radius 1 is 0.566 bits per heavy atom. The molecule has 0 spiro atoms. The van der Waals surface area contributed by atoms with Crippen molar-refractivity contribution in [2.45, 2.75) is 67.9 Å². The molecule has 1 amide bonds. The Morgan fingerprint density at radius 3 is 1.41 bits per heavy atom. The van der Waals surface area contributed by atoms with Crippen molar-refractivity contribution >= 4 is 45.8 Å². The summed E-state index contributed by atoms with van der Waals surface area (Å²) in [5.74, 6) is -3.34. The van der Waals surface area contributed by atoms with Gasteiger partial charge in [0.25, 0.3) is 17.0 Å². The van der Waals surface area contributed by atoms with Crippen LogP contribution in [0.25, 0.3) is 56.0 Å². The molecule has 0 fully saturated rings. The van der Waals surface area contributed by atoms with Gasteiger partial charge in [0.1, 0.15) is 46.2 Å². The summed E-state index contributed by atoms with van der Waals surface area (Å²) in [6.45, 7) is 20.6. The fourth-order valence-corrected chi connectivity index (χ4v) is 9.60. The van der Waals surface area contributed by atoms with Crippen molar-refractivity contribution in [1.29, 1.82) is 0 Å². The molecular formula is C62H65F4N11O6. The highest BCUT2D eigenvalue weighted by Crippen LogP contribution is 2.34. The minimum atomic E-state index is -1.11. The minimum Gasteiger partial charge on any atom is -0.478 e. The number of anilines is 2. The van der Waals surface area contributed by atoms with Crippen LogP contribution in [0.15, 0.2) is 123 Å². The monoisotopic (exact) mass is 1140 g/mol. The van der Waals surface area contributed by atoms with Crippen molar-refractivity contribution in [2.24, 2.45) is 0 Å². The second-order valence-electron chi connectivity index (χ2n) is 19.6. The molecule has 0 saturated carbocycles. The number of hydrogen-bond donors (Lipinski definition) is 4. The molecule has 83 heavy (non-hydrogen) atoms. The maximum Gasteiger partial charge on any atom is 0.335 e. The van der Waals surface area contributed by atoms with Crippen molar-refractivity contribution in [3.63, 3.8) is 0 Å². The number of aromatic nitrogens is 6. The highest BCUT2D eigenvalue weighted by atomic mass is 19.1. The van der Waals surface area contributed by atoms with Crippen molar-refractivity contribution in [2.75, 3.05) is 63.0 Å². The number of rotatable bonds is 22. The zero-order valence-corrected chi connectivity index (χ0v) is 47.2. The molecule has 9 rings (SSSR count). The van der Waals surface area contributed by atoms with E-state index in [1.54, 1.807) is 37.3 Å². The Bertz CT molecular complexity index is 3910. The van der Waals surface area contributed by atoms with Gasteiger partial charge in [-0.2, -0.15) is 9.97 Å². The van der Waals surface area contributed by atoms with Crippen LogP contribution in [-0.2, 0) is 6.54 Å². The van der Waals surface area contributed by atoms with Crippen LogP contribution in [0, 0.1) is 44.0 Å². The SMILES string of the molecule is CCN(CC)CCCNc1nc(-c2cc(C(=O)NCc3ccc(C)o3)ccc2C)c2ccc(=O)n(-c3c(F)cccc3F)c2n1.CCN(CC)CCCNc1nc(-c2cc(C(=O)O)ccc2C)c2ccc(=O)n(-c3c(F)cccc3F)c2n1. The van der Waals surface area contributed by atoms with Gasteiger partial charge in [0, 0.05) is 52.7 Å². The van der Waals surface area contributed by atoms with Crippen molar-refractivity contribution in [3.8, 4) is 33.9 Å². The van der Waals surface area contributed by atoms with Gasteiger partial charge < -0.3 is 35.3 Å². The lowest BCUT2D eigenvalue weighted by molar-refractivity contribution is 0.0696. The van der Waals surface area contributed by atoms with Crippen molar-refractivity contribution in [3.05, 3.63) is 187 Å². The topological polar surface area (TPSA) is 206 Å². The van der Waals surface area contributed by atoms with Crippen LogP contribution in [0.3, 0.4) is 0 Å². The Hall–Kier alpha value is -9.08. The number of para-hydroxylation sites is 2. The van der Waals surface area contributed by atoms with E-state index < -0.39 is 51.7 Å².